The van der Waals surface area contributed by atoms with E-state index in [1.807, 2.05) is 13.0 Å². The lowest BCUT2D eigenvalue weighted by molar-refractivity contribution is 0.579. The largest absolute Gasteiger partial charge is 0.377 e. The predicted molar refractivity (Wildman–Crippen MR) is 54.3 cm³/mol. The van der Waals surface area contributed by atoms with Crippen molar-refractivity contribution in [1.29, 1.82) is 5.26 Å². The van der Waals surface area contributed by atoms with E-state index in [1.165, 1.54) is 18.2 Å². The van der Waals surface area contributed by atoms with Gasteiger partial charge >= 0.3 is 0 Å². The second kappa shape index (κ2) is 5.30. The first-order valence-electron chi connectivity index (χ1n) is 4.76. The van der Waals surface area contributed by atoms with Crippen LogP contribution in [0.15, 0.2) is 18.2 Å². The second-order valence-corrected chi connectivity index (χ2v) is 3.21. The lowest BCUT2D eigenvalue weighted by Gasteiger charge is -2.15. The van der Waals surface area contributed by atoms with Crippen molar-refractivity contribution in [2.75, 3.05) is 5.32 Å². The molecule has 80 valence electrons. The van der Waals surface area contributed by atoms with Crippen molar-refractivity contribution in [2.24, 2.45) is 0 Å². The highest BCUT2D eigenvalue weighted by atomic mass is 19.1. The Balaban J connectivity index is 2.83. The molecule has 1 aromatic rings. The van der Waals surface area contributed by atoms with Gasteiger partial charge in [0.15, 0.2) is 0 Å². The number of para-hydroxylation sites is 1. The molecule has 0 aliphatic carbocycles. The summed E-state index contributed by atoms with van der Waals surface area (Å²) in [5.74, 6) is -1.27. The van der Waals surface area contributed by atoms with Crippen LogP contribution < -0.4 is 5.32 Å². The highest BCUT2D eigenvalue weighted by Crippen LogP contribution is 2.20. The molecule has 1 unspecified atom stereocenters. The van der Waals surface area contributed by atoms with E-state index in [4.69, 9.17) is 5.26 Å². The van der Waals surface area contributed by atoms with Crippen LogP contribution in [0.1, 0.15) is 19.8 Å². The first-order valence-corrected chi connectivity index (χ1v) is 4.76. The van der Waals surface area contributed by atoms with Gasteiger partial charge in [0, 0.05) is 6.04 Å². The number of nitrogens with one attached hydrogen (secondary N) is 1. The maximum absolute atomic E-state index is 13.2. The smallest absolute Gasteiger partial charge is 0.149 e. The Hall–Kier alpha value is -1.63. The molecule has 0 heterocycles. The van der Waals surface area contributed by atoms with Gasteiger partial charge in [-0.25, -0.2) is 8.78 Å². The standard InChI is InChI=1S/C11H12F2N2/c1-2-8(6-7-14)15-11-9(12)4-3-5-10(11)13/h3-5,8,15H,2,6H2,1H3. The molecule has 0 aliphatic rings. The molecule has 0 aliphatic heterocycles. The zero-order valence-electron chi connectivity index (χ0n) is 8.43. The van der Waals surface area contributed by atoms with E-state index in [0.29, 0.717) is 6.42 Å². The van der Waals surface area contributed by atoms with E-state index in [9.17, 15) is 8.78 Å². The highest BCUT2D eigenvalue weighted by Gasteiger charge is 2.12. The molecule has 0 spiro atoms. The van der Waals surface area contributed by atoms with Gasteiger partial charge in [-0.1, -0.05) is 13.0 Å². The summed E-state index contributed by atoms with van der Waals surface area (Å²) in [6.07, 6.45) is 0.867. The quantitative estimate of drug-likeness (QED) is 0.828. The fraction of sp³-hybridized carbons (Fsp3) is 0.364. The van der Waals surface area contributed by atoms with E-state index >= 15 is 0 Å². The minimum atomic E-state index is -0.633. The molecule has 0 bridgehead atoms. The van der Waals surface area contributed by atoms with Crippen LogP contribution in [0.25, 0.3) is 0 Å². The molecule has 1 aromatic carbocycles. The molecular formula is C11H12F2N2. The SMILES string of the molecule is CCC(CC#N)Nc1c(F)cccc1F. The third-order valence-electron chi connectivity index (χ3n) is 2.14. The van der Waals surface area contributed by atoms with Gasteiger partial charge in [0.25, 0.3) is 0 Å². The summed E-state index contributed by atoms with van der Waals surface area (Å²) in [7, 11) is 0. The molecule has 0 radical (unpaired) electrons. The van der Waals surface area contributed by atoms with Crippen LogP contribution in [0.2, 0.25) is 0 Å². The normalized spacial score (nSPS) is 11.9. The number of benzene rings is 1. The first kappa shape index (κ1) is 11.4. The van der Waals surface area contributed by atoms with Gasteiger partial charge in [-0.15, -0.1) is 0 Å². The predicted octanol–water partition coefficient (Wildman–Crippen LogP) is 3.07. The van der Waals surface area contributed by atoms with E-state index < -0.39 is 11.6 Å². The number of hydrogen-bond donors (Lipinski definition) is 1. The van der Waals surface area contributed by atoms with Crippen LogP contribution in [-0.2, 0) is 0 Å². The van der Waals surface area contributed by atoms with Gasteiger partial charge < -0.3 is 5.32 Å². The average Bonchev–Trinajstić information content (AvgIpc) is 2.22. The summed E-state index contributed by atoms with van der Waals surface area (Å²) >= 11 is 0. The third kappa shape index (κ3) is 2.91. The summed E-state index contributed by atoms with van der Waals surface area (Å²) in [5.41, 5.74) is -0.153. The highest BCUT2D eigenvalue weighted by molar-refractivity contribution is 5.46. The Labute approximate surface area is 87.5 Å². The van der Waals surface area contributed by atoms with Crippen LogP contribution >= 0.6 is 0 Å². The Morgan fingerprint density at radius 1 is 1.40 bits per heavy atom. The zero-order valence-corrected chi connectivity index (χ0v) is 8.43. The van der Waals surface area contributed by atoms with Crippen molar-refractivity contribution in [3.63, 3.8) is 0 Å². The summed E-state index contributed by atoms with van der Waals surface area (Å²) in [6.45, 7) is 1.85. The monoisotopic (exact) mass is 210 g/mol. The molecule has 1 N–H and O–H groups in total. The van der Waals surface area contributed by atoms with Crippen molar-refractivity contribution in [3.05, 3.63) is 29.8 Å². The average molecular weight is 210 g/mol. The number of rotatable bonds is 4. The summed E-state index contributed by atoms with van der Waals surface area (Å²) in [5, 5.41) is 11.2. The number of nitriles is 1. The molecule has 15 heavy (non-hydrogen) atoms. The van der Waals surface area contributed by atoms with Gasteiger partial charge in [-0.2, -0.15) is 5.26 Å². The van der Waals surface area contributed by atoms with Crippen molar-refractivity contribution < 1.29 is 8.78 Å². The van der Waals surface area contributed by atoms with Crippen molar-refractivity contribution >= 4 is 5.69 Å². The van der Waals surface area contributed by atoms with Gasteiger partial charge in [0.1, 0.15) is 17.3 Å². The molecule has 0 fully saturated rings. The summed E-state index contributed by atoms with van der Waals surface area (Å²) in [4.78, 5) is 0. The topological polar surface area (TPSA) is 35.8 Å². The van der Waals surface area contributed by atoms with Gasteiger partial charge in [0.05, 0.1) is 12.5 Å². The maximum atomic E-state index is 13.2. The molecule has 0 aromatic heterocycles. The van der Waals surface area contributed by atoms with Crippen LogP contribution in [0.3, 0.4) is 0 Å². The fourth-order valence-electron chi connectivity index (χ4n) is 1.25. The number of halogens is 2. The molecule has 2 nitrogen and oxygen atoms in total. The molecule has 4 heteroatoms. The van der Waals surface area contributed by atoms with Crippen LogP contribution in [0.4, 0.5) is 14.5 Å². The Morgan fingerprint density at radius 3 is 2.47 bits per heavy atom. The summed E-state index contributed by atoms with van der Waals surface area (Å²) < 4.78 is 26.4. The lowest BCUT2D eigenvalue weighted by atomic mass is 10.1. The molecule has 1 rings (SSSR count). The zero-order chi connectivity index (χ0) is 11.3. The molecular weight excluding hydrogens is 198 g/mol. The number of nitrogens with zero attached hydrogens (tertiary/aromatic N) is 1. The van der Waals surface area contributed by atoms with Crippen LogP contribution in [-0.4, -0.2) is 6.04 Å². The van der Waals surface area contributed by atoms with Crippen molar-refractivity contribution in [3.8, 4) is 6.07 Å². The third-order valence-corrected chi connectivity index (χ3v) is 2.14. The fourth-order valence-corrected chi connectivity index (χ4v) is 1.25. The van der Waals surface area contributed by atoms with Gasteiger partial charge in [0.2, 0.25) is 0 Å². The van der Waals surface area contributed by atoms with Crippen molar-refractivity contribution in [1.82, 2.24) is 0 Å². The van der Waals surface area contributed by atoms with Crippen LogP contribution in [0.5, 0.6) is 0 Å². The number of anilines is 1. The second-order valence-electron chi connectivity index (χ2n) is 3.21. The first-order chi connectivity index (χ1) is 7.19. The molecule has 0 saturated carbocycles. The Kier molecular flexibility index (Phi) is 4.04. The van der Waals surface area contributed by atoms with Gasteiger partial charge in [-0.05, 0) is 18.6 Å². The van der Waals surface area contributed by atoms with E-state index in [-0.39, 0.29) is 18.2 Å². The molecule has 1 atom stereocenters. The minimum absolute atomic E-state index is 0.153. The molecule has 0 amide bonds. The van der Waals surface area contributed by atoms with E-state index in [1.54, 1.807) is 0 Å². The maximum Gasteiger partial charge on any atom is 0.149 e. The van der Waals surface area contributed by atoms with Crippen molar-refractivity contribution in [2.45, 2.75) is 25.8 Å². The minimum Gasteiger partial charge on any atom is -0.377 e. The Bertz CT molecular complexity index is 351. The summed E-state index contributed by atoms with van der Waals surface area (Å²) in [6, 6.07) is 5.43. The van der Waals surface area contributed by atoms with E-state index in [2.05, 4.69) is 5.32 Å². The van der Waals surface area contributed by atoms with Crippen LogP contribution in [0, 0.1) is 23.0 Å². The van der Waals surface area contributed by atoms with E-state index in [0.717, 1.165) is 0 Å². The van der Waals surface area contributed by atoms with Gasteiger partial charge in [-0.3, -0.25) is 0 Å². The number of hydrogen-bond acceptors (Lipinski definition) is 2. The molecule has 0 saturated heterocycles. The lowest BCUT2D eigenvalue weighted by Crippen LogP contribution is -2.19. The Morgan fingerprint density at radius 2 is 2.00 bits per heavy atom.